The van der Waals surface area contributed by atoms with Crippen molar-refractivity contribution in [3.8, 4) is 0 Å². The minimum Gasteiger partial charge on any atom is -0.282 e. The number of hydrogen-bond donors (Lipinski definition) is 0. The lowest BCUT2D eigenvalue weighted by Crippen LogP contribution is -2.18. The molecule has 0 saturated heterocycles. The first-order valence-electron chi connectivity index (χ1n) is 10.2. The molecule has 1 saturated carbocycles. The van der Waals surface area contributed by atoms with E-state index in [2.05, 4.69) is 24.0 Å². The molecule has 2 heterocycles. The molecule has 3 rings (SSSR count). The van der Waals surface area contributed by atoms with Gasteiger partial charge in [0.1, 0.15) is 0 Å². The molecule has 0 aromatic rings. The topological polar surface area (TPSA) is 34.1 Å². The van der Waals surface area contributed by atoms with Crippen molar-refractivity contribution in [1.29, 1.82) is 0 Å². The standard InChI is InChI=1S/C22H28O2S6/c1-3-19(23)25-11-17-13-27-21(29-17)9-15-5-7-16(8-6-15)10-22-28-14-18(30-22)12-26-20(24)4-2/h3-4,13-16,21-22H,1-2,5-12H2. The molecule has 2 nitrogen and oxygen atoms in total. The number of carbonyl (C=O) groups excluding carboxylic acids is 2. The zero-order chi connectivity index (χ0) is 21.3. The summed E-state index contributed by atoms with van der Waals surface area (Å²) < 4.78 is 1.26. The van der Waals surface area contributed by atoms with E-state index in [1.54, 1.807) is 0 Å². The molecule has 8 heteroatoms. The van der Waals surface area contributed by atoms with Gasteiger partial charge >= 0.3 is 0 Å². The fourth-order valence-electron chi connectivity index (χ4n) is 3.75. The molecule has 1 fully saturated rings. The maximum absolute atomic E-state index is 11.4. The largest absolute Gasteiger partial charge is 0.282 e. The van der Waals surface area contributed by atoms with Gasteiger partial charge in [0.05, 0.1) is 9.16 Å². The molecule has 0 spiro atoms. The van der Waals surface area contributed by atoms with E-state index in [1.807, 2.05) is 47.0 Å². The van der Waals surface area contributed by atoms with E-state index in [9.17, 15) is 9.59 Å². The molecule has 0 aromatic carbocycles. The number of carbonyl (C=O) groups is 2. The van der Waals surface area contributed by atoms with Gasteiger partial charge < -0.3 is 0 Å². The van der Waals surface area contributed by atoms with E-state index in [1.165, 1.54) is 84.0 Å². The average Bonchev–Trinajstić information content (AvgIpc) is 3.40. The van der Waals surface area contributed by atoms with Gasteiger partial charge in [-0.05, 0) is 47.6 Å². The van der Waals surface area contributed by atoms with Gasteiger partial charge in [-0.15, -0.1) is 47.0 Å². The van der Waals surface area contributed by atoms with Crippen LogP contribution in [0.3, 0.4) is 0 Å². The highest BCUT2D eigenvalue weighted by molar-refractivity contribution is 8.24. The van der Waals surface area contributed by atoms with Crippen molar-refractivity contribution >= 4 is 80.8 Å². The van der Waals surface area contributed by atoms with Crippen LogP contribution in [0.5, 0.6) is 0 Å². The Balaban J connectivity index is 1.28. The van der Waals surface area contributed by atoms with E-state index >= 15 is 0 Å². The molecular weight excluding hydrogens is 489 g/mol. The Morgan fingerprint density at radius 2 is 1.23 bits per heavy atom. The first-order valence-corrected chi connectivity index (χ1v) is 15.8. The zero-order valence-corrected chi connectivity index (χ0v) is 21.9. The third kappa shape index (κ3) is 8.39. The molecule has 2 unspecified atom stereocenters. The van der Waals surface area contributed by atoms with Crippen LogP contribution in [-0.4, -0.2) is 30.9 Å². The quantitative estimate of drug-likeness (QED) is 0.272. The van der Waals surface area contributed by atoms with E-state index in [0.29, 0.717) is 9.16 Å². The van der Waals surface area contributed by atoms with Crippen LogP contribution in [0, 0.1) is 11.8 Å². The summed E-state index contributed by atoms with van der Waals surface area (Å²) in [4.78, 5) is 25.5. The van der Waals surface area contributed by atoms with Gasteiger partial charge in [-0.25, -0.2) is 0 Å². The minimum absolute atomic E-state index is 0.0631. The van der Waals surface area contributed by atoms with Crippen molar-refractivity contribution < 1.29 is 9.59 Å². The number of rotatable bonds is 10. The summed E-state index contributed by atoms with van der Waals surface area (Å²) in [5.41, 5.74) is 0. The van der Waals surface area contributed by atoms with Gasteiger partial charge in [0.2, 0.25) is 10.2 Å². The molecule has 2 atom stereocenters. The highest BCUT2D eigenvalue weighted by Gasteiger charge is 2.29. The molecular formula is C22H28O2S6. The molecule has 0 radical (unpaired) electrons. The third-order valence-corrected chi connectivity index (χ3v) is 12.9. The van der Waals surface area contributed by atoms with Gasteiger partial charge in [-0.2, -0.15) is 0 Å². The lowest BCUT2D eigenvalue weighted by molar-refractivity contribution is -0.107. The molecule has 30 heavy (non-hydrogen) atoms. The molecule has 3 aliphatic rings. The monoisotopic (exact) mass is 516 g/mol. The van der Waals surface area contributed by atoms with Crippen LogP contribution in [0.1, 0.15) is 38.5 Å². The van der Waals surface area contributed by atoms with Gasteiger partial charge in [0.15, 0.2) is 0 Å². The molecule has 0 N–H and O–H groups in total. The Morgan fingerprint density at radius 1 is 0.833 bits per heavy atom. The summed E-state index contributed by atoms with van der Waals surface area (Å²) in [5, 5.41) is 4.63. The lowest BCUT2D eigenvalue weighted by Gasteiger charge is -2.30. The van der Waals surface area contributed by atoms with E-state index in [4.69, 9.17) is 0 Å². The fraction of sp³-hybridized carbons (Fsp3) is 0.545. The van der Waals surface area contributed by atoms with Crippen LogP contribution < -0.4 is 0 Å². The van der Waals surface area contributed by atoms with Crippen LogP contribution >= 0.6 is 70.6 Å². The van der Waals surface area contributed by atoms with Crippen molar-refractivity contribution in [3.63, 3.8) is 0 Å². The second-order valence-corrected chi connectivity index (χ2v) is 14.9. The summed E-state index contributed by atoms with van der Waals surface area (Å²) in [5.74, 6) is 3.28. The molecule has 0 bridgehead atoms. The highest BCUT2D eigenvalue weighted by Crippen LogP contribution is 2.49. The Kier molecular flexibility index (Phi) is 11.0. The molecule has 164 valence electrons. The van der Waals surface area contributed by atoms with Gasteiger partial charge in [-0.1, -0.05) is 62.4 Å². The van der Waals surface area contributed by atoms with Gasteiger partial charge in [0.25, 0.3) is 0 Å². The smallest absolute Gasteiger partial charge is 0.211 e. The van der Waals surface area contributed by atoms with Crippen LogP contribution in [0.15, 0.2) is 45.9 Å². The van der Waals surface area contributed by atoms with Crippen LogP contribution in [0.2, 0.25) is 0 Å². The third-order valence-electron chi connectivity index (χ3n) is 5.33. The predicted molar refractivity (Wildman–Crippen MR) is 144 cm³/mol. The van der Waals surface area contributed by atoms with Gasteiger partial charge in [-0.3, -0.25) is 9.59 Å². The first-order chi connectivity index (χ1) is 14.6. The maximum atomic E-state index is 11.4. The molecule has 0 aromatic heterocycles. The Labute approximate surface area is 206 Å². The van der Waals surface area contributed by atoms with E-state index in [-0.39, 0.29) is 10.2 Å². The zero-order valence-electron chi connectivity index (χ0n) is 17.0. The maximum Gasteiger partial charge on any atom is 0.211 e. The number of thioether (sulfide) groups is 6. The fourth-order valence-corrected chi connectivity index (χ4v) is 11.1. The predicted octanol–water partition coefficient (Wildman–Crippen LogP) is 7.76. The molecule has 0 amide bonds. The Morgan fingerprint density at radius 3 is 1.60 bits per heavy atom. The lowest BCUT2D eigenvalue weighted by atomic mass is 9.80. The van der Waals surface area contributed by atoms with Crippen LogP contribution in [0.4, 0.5) is 0 Å². The summed E-state index contributed by atoms with van der Waals surface area (Å²) in [6.45, 7) is 7.07. The summed E-state index contributed by atoms with van der Waals surface area (Å²) >= 11 is 10.5. The Hall–Kier alpha value is 0.400. The molecule has 1 aliphatic carbocycles. The first kappa shape index (κ1) is 25.0. The van der Waals surface area contributed by atoms with Crippen molar-refractivity contribution in [2.45, 2.75) is 47.7 Å². The number of hydrogen-bond acceptors (Lipinski definition) is 8. The summed E-state index contributed by atoms with van der Waals surface area (Å²) in [7, 11) is 0. The van der Waals surface area contributed by atoms with E-state index in [0.717, 1.165) is 23.3 Å². The second kappa shape index (κ2) is 13.2. The summed E-state index contributed by atoms with van der Waals surface area (Å²) in [6.07, 6.45) is 10.8. The van der Waals surface area contributed by atoms with Crippen molar-refractivity contribution in [1.82, 2.24) is 0 Å². The van der Waals surface area contributed by atoms with Crippen molar-refractivity contribution in [3.05, 3.63) is 45.9 Å². The van der Waals surface area contributed by atoms with Crippen molar-refractivity contribution in [2.24, 2.45) is 11.8 Å². The highest BCUT2D eigenvalue weighted by atomic mass is 32.2. The summed E-state index contributed by atoms with van der Waals surface area (Å²) in [6, 6.07) is 0. The van der Waals surface area contributed by atoms with Crippen molar-refractivity contribution in [2.75, 3.05) is 11.5 Å². The average molecular weight is 517 g/mol. The van der Waals surface area contributed by atoms with Crippen LogP contribution in [-0.2, 0) is 9.59 Å². The molecule has 2 aliphatic heterocycles. The van der Waals surface area contributed by atoms with Crippen LogP contribution in [0.25, 0.3) is 0 Å². The van der Waals surface area contributed by atoms with Gasteiger partial charge in [0, 0.05) is 21.3 Å². The second-order valence-electron chi connectivity index (χ2n) is 7.52. The normalized spacial score (nSPS) is 28.7. The van der Waals surface area contributed by atoms with E-state index < -0.39 is 0 Å². The SMILES string of the molecule is C=CC(=O)SCC1=CSC(CC2CCC(CC3SC=C(CSC(=O)C=C)S3)CC2)S1. The Bertz CT molecular complexity index is 648. The minimum atomic E-state index is 0.0631.